The van der Waals surface area contributed by atoms with Crippen LogP contribution in [0, 0.1) is 11.3 Å². The molecular weight excluding hydrogens is 261 g/mol. The third-order valence-corrected chi connectivity index (χ3v) is 2.83. The van der Waals surface area contributed by atoms with Gasteiger partial charge in [0.1, 0.15) is 0 Å². The Morgan fingerprint density at radius 3 is 2.16 bits per heavy atom. The molecule has 4 nitrogen and oxygen atoms in total. The highest BCUT2D eigenvalue weighted by Crippen LogP contribution is 2.25. The summed E-state index contributed by atoms with van der Waals surface area (Å²) in [5.41, 5.74) is -0.546. The van der Waals surface area contributed by atoms with Crippen molar-refractivity contribution in [3.05, 3.63) is 0 Å². The first-order valence-electron chi connectivity index (χ1n) is 6.22. The summed E-state index contributed by atoms with van der Waals surface area (Å²) in [5, 5.41) is 14.5. The topological polar surface area (TPSA) is 61.4 Å². The van der Waals surface area contributed by atoms with Crippen molar-refractivity contribution in [3.8, 4) is 0 Å². The Balaban J connectivity index is 4.02. The van der Waals surface area contributed by atoms with Gasteiger partial charge in [-0.1, -0.05) is 27.7 Å². The second-order valence-corrected chi connectivity index (χ2v) is 5.65. The van der Waals surface area contributed by atoms with Gasteiger partial charge in [-0.05, 0) is 5.92 Å². The molecule has 1 atom stereocenters. The molecule has 0 rings (SSSR count). The zero-order chi connectivity index (χ0) is 15.3. The normalized spacial score (nSPS) is 14.4. The summed E-state index contributed by atoms with van der Waals surface area (Å²) in [6.45, 7) is 7.01. The van der Waals surface area contributed by atoms with Gasteiger partial charge in [-0.3, -0.25) is 0 Å². The van der Waals surface area contributed by atoms with E-state index in [1.54, 1.807) is 13.8 Å². The van der Waals surface area contributed by atoms with Crippen LogP contribution < -0.4 is 10.6 Å². The number of alkyl halides is 3. The monoisotopic (exact) mass is 284 g/mol. The number of aliphatic hydroxyl groups excluding tert-OH is 1. The maximum absolute atomic E-state index is 11.9. The summed E-state index contributed by atoms with van der Waals surface area (Å²) in [4.78, 5) is 11.3. The van der Waals surface area contributed by atoms with E-state index in [0.717, 1.165) is 0 Å². The van der Waals surface area contributed by atoms with Crippen LogP contribution in [0.2, 0.25) is 0 Å². The second kappa shape index (κ2) is 6.98. The first-order chi connectivity index (χ1) is 8.46. The minimum atomic E-state index is -4.28. The number of rotatable bonds is 6. The van der Waals surface area contributed by atoms with E-state index in [2.05, 4.69) is 10.6 Å². The zero-order valence-electron chi connectivity index (χ0n) is 11.8. The van der Waals surface area contributed by atoms with Gasteiger partial charge in [-0.25, -0.2) is 4.79 Å². The molecule has 0 saturated carbocycles. The number of nitrogens with one attached hydrogen (secondary N) is 2. The van der Waals surface area contributed by atoms with Gasteiger partial charge >= 0.3 is 12.2 Å². The van der Waals surface area contributed by atoms with Crippen molar-refractivity contribution in [2.24, 2.45) is 11.3 Å². The molecule has 0 radical (unpaired) electrons. The summed E-state index contributed by atoms with van der Waals surface area (Å²) in [6.07, 6.45) is -5.94. The van der Waals surface area contributed by atoms with Crippen LogP contribution in [0.3, 0.4) is 0 Å². The van der Waals surface area contributed by atoms with Gasteiger partial charge in [0.2, 0.25) is 0 Å². The van der Waals surface area contributed by atoms with E-state index >= 15 is 0 Å². The first-order valence-corrected chi connectivity index (χ1v) is 6.22. The highest BCUT2D eigenvalue weighted by atomic mass is 19.4. The Kier molecular flexibility index (Phi) is 6.62. The average molecular weight is 284 g/mol. The molecule has 0 aromatic rings. The van der Waals surface area contributed by atoms with Crippen molar-refractivity contribution in [1.29, 1.82) is 0 Å². The van der Waals surface area contributed by atoms with Gasteiger partial charge in [-0.2, -0.15) is 13.2 Å². The molecule has 0 spiro atoms. The SMILES string of the molecule is CC(C)C(O)C(C)(C)CNC(=O)NCCC(F)(F)F. The fourth-order valence-electron chi connectivity index (χ4n) is 1.70. The quantitative estimate of drug-likeness (QED) is 0.701. The fraction of sp³-hybridized carbons (Fsp3) is 0.917. The largest absolute Gasteiger partial charge is 0.392 e. The Hall–Kier alpha value is -0.980. The Morgan fingerprint density at radius 1 is 1.21 bits per heavy atom. The van der Waals surface area contributed by atoms with Crippen molar-refractivity contribution >= 4 is 6.03 Å². The van der Waals surface area contributed by atoms with Gasteiger partial charge < -0.3 is 15.7 Å². The Bertz CT molecular complexity index is 291. The lowest BCUT2D eigenvalue weighted by atomic mass is 9.81. The zero-order valence-corrected chi connectivity index (χ0v) is 11.8. The molecule has 3 N–H and O–H groups in total. The van der Waals surface area contributed by atoms with Crippen LogP contribution in [0.1, 0.15) is 34.1 Å². The van der Waals surface area contributed by atoms with Crippen LogP contribution in [-0.4, -0.2) is 36.5 Å². The van der Waals surface area contributed by atoms with Gasteiger partial charge in [0.15, 0.2) is 0 Å². The van der Waals surface area contributed by atoms with Gasteiger partial charge in [0.25, 0.3) is 0 Å². The fourth-order valence-corrected chi connectivity index (χ4v) is 1.70. The number of amides is 2. The number of aliphatic hydroxyl groups is 1. The molecule has 0 aromatic heterocycles. The number of urea groups is 1. The minimum Gasteiger partial charge on any atom is -0.392 e. The van der Waals surface area contributed by atoms with Crippen molar-refractivity contribution in [3.63, 3.8) is 0 Å². The van der Waals surface area contributed by atoms with Crippen molar-refractivity contribution < 1.29 is 23.1 Å². The number of hydrogen-bond acceptors (Lipinski definition) is 2. The number of hydrogen-bond donors (Lipinski definition) is 3. The highest BCUT2D eigenvalue weighted by Gasteiger charge is 2.31. The molecule has 0 aliphatic heterocycles. The molecule has 0 bridgehead atoms. The summed E-state index contributed by atoms with van der Waals surface area (Å²) < 4.78 is 35.6. The molecule has 0 aliphatic rings. The Labute approximate surface area is 111 Å². The van der Waals surface area contributed by atoms with E-state index in [4.69, 9.17) is 0 Å². The molecule has 0 aliphatic carbocycles. The highest BCUT2D eigenvalue weighted by molar-refractivity contribution is 5.73. The molecular formula is C12H23F3N2O2. The summed E-state index contributed by atoms with van der Waals surface area (Å²) in [5.74, 6) is 0.0325. The van der Waals surface area contributed by atoms with E-state index in [9.17, 15) is 23.1 Å². The van der Waals surface area contributed by atoms with Crippen molar-refractivity contribution in [2.75, 3.05) is 13.1 Å². The predicted octanol–water partition coefficient (Wildman–Crippen LogP) is 2.28. The van der Waals surface area contributed by atoms with Crippen LogP contribution in [0.25, 0.3) is 0 Å². The molecule has 7 heteroatoms. The molecule has 0 saturated heterocycles. The Morgan fingerprint density at radius 2 is 1.74 bits per heavy atom. The van der Waals surface area contributed by atoms with Crippen LogP contribution in [0.4, 0.5) is 18.0 Å². The molecule has 19 heavy (non-hydrogen) atoms. The van der Waals surface area contributed by atoms with E-state index in [1.165, 1.54) is 0 Å². The lowest BCUT2D eigenvalue weighted by molar-refractivity contribution is -0.132. The maximum Gasteiger partial charge on any atom is 0.390 e. The van der Waals surface area contributed by atoms with Gasteiger partial charge in [0.05, 0.1) is 12.5 Å². The predicted molar refractivity (Wildman–Crippen MR) is 66.7 cm³/mol. The van der Waals surface area contributed by atoms with E-state index < -0.39 is 36.7 Å². The molecule has 2 amide bonds. The van der Waals surface area contributed by atoms with Crippen molar-refractivity contribution in [2.45, 2.75) is 46.4 Å². The first kappa shape index (κ1) is 18.0. The van der Waals surface area contributed by atoms with Crippen molar-refractivity contribution in [1.82, 2.24) is 10.6 Å². The summed E-state index contributed by atoms with van der Waals surface area (Å²) in [7, 11) is 0. The third kappa shape index (κ3) is 7.92. The van der Waals surface area contributed by atoms with Crippen LogP contribution in [-0.2, 0) is 0 Å². The summed E-state index contributed by atoms with van der Waals surface area (Å²) >= 11 is 0. The third-order valence-electron chi connectivity index (χ3n) is 2.83. The van der Waals surface area contributed by atoms with E-state index in [1.807, 2.05) is 13.8 Å². The molecule has 114 valence electrons. The second-order valence-electron chi connectivity index (χ2n) is 5.65. The van der Waals surface area contributed by atoms with Crippen LogP contribution in [0.5, 0.6) is 0 Å². The van der Waals surface area contributed by atoms with E-state index in [0.29, 0.717) is 0 Å². The summed E-state index contributed by atoms with van der Waals surface area (Å²) in [6, 6.07) is -0.659. The number of carbonyl (C=O) groups is 1. The molecule has 0 aromatic carbocycles. The minimum absolute atomic E-state index is 0.0325. The number of carbonyl (C=O) groups excluding carboxylic acids is 1. The van der Waals surface area contributed by atoms with E-state index in [-0.39, 0.29) is 12.5 Å². The maximum atomic E-state index is 11.9. The smallest absolute Gasteiger partial charge is 0.390 e. The molecule has 1 unspecified atom stereocenters. The van der Waals surface area contributed by atoms with Gasteiger partial charge in [-0.15, -0.1) is 0 Å². The lowest BCUT2D eigenvalue weighted by Crippen LogP contribution is -2.46. The molecule has 0 fully saturated rings. The van der Waals surface area contributed by atoms with Gasteiger partial charge in [0, 0.05) is 18.5 Å². The lowest BCUT2D eigenvalue weighted by Gasteiger charge is -2.33. The standard InChI is InChI=1S/C12H23F3N2O2/c1-8(2)9(18)11(3,4)7-17-10(19)16-6-5-12(13,14)15/h8-9,18H,5-7H2,1-4H3,(H2,16,17,19). The van der Waals surface area contributed by atoms with Crippen LogP contribution in [0.15, 0.2) is 0 Å². The van der Waals surface area contributed by atoms with Crippen LogP contribution >= 0.6 is 0 Å². The average Bonchev–Trinajstić information content (AvgIpc) is 2.23. The molecule has 0 heterocycles. The number of halogens is 3.